The lowest BCUT2D eigenvalue weighted by Crippen LogP contribution is -2.37. The lowest BCUT2D eigenvalue weighted by Gasteiger charge is -2.25. The number of carbonyl (C=O) groups excluding carboxylic acids is 1. The standard InChI is InChI=1S/C16H20N6O5/c1-4-26-13-10-12(20-15(21-13)19-8(2)24)22(7-18-10)14-16(3,6-17)11(25)9(5-23)27-14/h7,9,11,14,23,25H,4-5H2,1-3H3,(H,19,20,21,24)/t9-,11-,14-,16-/m1/s1. The van der Waals surface area contributed by atoms with Crippen LogP contribution < -0.4 is 10.1 Å². The van der Waals surface area contributed by atoms with Gasteiger partial charge in [0.1, 0.15) is 17.6 Å². The van der Waals surface area contributed by atoms with E-state index in [0.717, 1.165) is 0 Å². The van der Waals surface area contributed by atoms with Crippen LogP contribution in [0.1, 0.15) is 27.0 Å². The molecule has 11 nitrogen and oxygen atoms in total. The molecule has 144 valence electrons. The average Bonchev–Trinajstić information content (AvgIpc) is 3.15. The summed E-state index contributed by atoms with van der Waals surface area (Å²) in [7, 11) is 0. The predicted molar refractivity (Wildman–Crippen MR) is 91.5 cm³/mol. The van der Waals surface area contributed by atoms with E-state index in [2.05, 4.69) is 26.3 Å². The molecule has 0 spiro atoms. The first-order valence-electron chi connectivity index (χ1n) is 8.36. The van der Waals surface area contributed by atoms with Crippen LogP contribution in [0.5, 0.6) is 5.88 Å². The van der Waals surface area contributed by atoms with Crippen LogP contribution in [-0.4, -0.2) is 61.1 Å². The molecule has 1 fully saturated rings. The molecule has 1 amide bonds. The highest BCUT2D eigenvalue weighted by Crippen LogP contribution is 2.46. The highest BCUT2D eigenvalue weighted by molar-refractivity contribution is 5.88. The maximum Gasteiger partial charge on any atom is 0.247 e. The Labute approximate surface area is 154 Å². The van der Waals surface area contributed by atoms with Gasteiger partial charge < -0.3 is 19.7 Å². The van der Waals surface area contributed by atoms with Crippen molar-refractivity contribution < 1.29 is 24.5 Å². The predicted octanol–water partition coefficient (Wildman–Crippen LogP) is -0.0361. The minimum absolute atomic E-state index is 0.0103. The summed E-state index contributed by atoms with van der Waals surface area (Å²) in [5, 5.41) is 32.0. The summed E-state index contributed by atoms with van der Waals surface area (Å²) >= 11 is 0. The fourth-order valence-electron chi connectivity index (χ4n) is 3.05. The number of nitriles is 1. The molecule has 2 aromatic rings. The third kappa shape index (κ3) is 3.08. The average molecular weight is 376 g/mol. The summed E-state index contributed by atoms with van der Waals surface area (Å²) in [6.45, 7) is 4.50. The first-order chi connectivity index (χ1) is 12.8. The molecular weight excluding hydrogens is 356 g/mol. The Balaban J connectivity index is 2.16. The summed E-state index contributed by atoms with van der Waals surface area (Å²) in [6, 6.07) is 2.06. The molecule has 0 aromatic carbocycles. The Kier molecular flexibility index (Phi) is 4.97. The van der Waals surface area contributed by atoms with Crippen LogP contribution in [0, 0.1) is 16.7 Å². The quantitative estimate of drug-likeness (QED) is 0.652. The maximum atomic E-state index is 11.4. The molecule has 2 aromatic heterocycles. The van der Waals surface area contributed by atoms with Gasteiger partial charge in [0.2, 0.25) is 17.7 Å². The maximum absolute atomic E-state index is 11.4. The number of carbonyl (C=O) groups is 1. The summed E-state index contributed by atoms with van der Waals surface area (Å²) in [5.74, 6) is -0.186. The molecule has 0 aliphatic carbocycles. The van der Waals surface area contributed by atoms with Crippen molar-refractivity contribution in [3.05, 3.63) is 6.33 Å². The van der Waals surface area contributed by atoms with Crippen molar-refractivity contribution in [2.24, 2.45) is 5.41 Å². The van der Waals surface area contributed by atoms with Crippen LogP contribution in [0.25, 0.3) is 11.2 Å². The van der Waals surface area contributed by atoms with Crippen molar-refractivity contribution in [1.82, 2.24) is 19.5 Å². The first kappa shape index (κ1) is 19.0. The Morgan fingerprint density at radius 1 is 1.56 bits per heavy atom. The van der Waals surface area contributed by atoms with E-state index in [9.17, 15) is 20.3 Å². The third-order valence-electron chi connectivity index (χ3n) is 4.42. The van der Waals surface area contributed by atoms with Crippen molar-refractivity contribution in [3.63, 3.8) is 0 Å². The number of aliphatic hydroxyl groups is 2. The van der Waals surface area contributed by atoms with E-state index in [1.807, 2.05) is 0 Å². The van der Waals surface area contributed by atoms with E-state index < -0.39 is 30.5 Å². The van der Waals surface area contributed by atoms with Gasteiger partial charge in [0, 0.05) is 6.92 Å². The number of hydrogen-bond acceptors (Lipinski definition) is 9. The van der Waals surface area contributed by atoms with Crippen LogP contribution >= 0.6 is 0 Å². The molecule has 0 saturated carbocycles. The number of amides is 1. The Morgan fingerprint density at radius 2 is 2.30 bits per heavy atom. The zero-order valence-electron chi connectivity index (χ0n) is 15.1. The third-order valence-corrected chi connectivity index (χ3v) is 4.42. The molecule has 11 heteroatoms. The van der Waals surface area contributed by atoms with Crippen molar-refractivity contribution in [2.45, 2.75) is 39.2 Å². The minimum Gasteiger partial charge on any atom is -0.476 e. The number of ether oxygens (including phenoxy) is 2. The molecule has 0 bridgehead atoms. The van der Waals surface area contributed by atoms with Crippen LogP contribution in [-0.2, 0) is 9.53 Å². The second-order valence-electron chi connectivity index (χ2n) is 6.34. The van der Waals surface area contributed by atoms with Gasteiger partial charge in [-0.15, -0.1) is 0 Å². The molecule has 0 radical (unpaired) electrons. The smallest absolute Gasteiger partial charge is 0.247 e. The van der Waals surface area contributed by atoms with Gasteiger partial charge in [-0.3, -0.25) is 14.7 Å². The number of nitrogens with zero attached hydrogens (tertiary/aromatic N) is 5. The largest absolute Gasteiger partial charge is 0.476 e. The molecule has 1 saturated heterocycles. The van der Waals surface area contributed by atoms with E-state index >= 15 is 0 Å². The van der Waals surface area contributed by atoms with Crippen molar-refractivity contribution in [3.8, 4) is 11.9 Å². The van der Waals surface area contributed by atoms with Crippen LogP contribution in [0.4, 0.5) is 5.95 Å². The Bertz CT molecular complexity index is 909. The number of hydrogen-bond donors (Lipinski definition) is 3. The SMILES string of the molecule is CCOc1nc(NC(C)=O)nc2c1ncn2[C@@H]1O[C@H](CO)[C@@H](O)[C@@]1(C)C#N. The van der Waals surface area contributed by atoms with Gasteiger partial charge in [0.05, 0.1) is 25.6 Å². The molecule has 1 aliphatic rings. The van der Waals surface area contributed by atoms with Gasteiger partial charge in [0.15, 0.2) is 17.4 Å². The number of fused-ring (bicyclic) bond motifs is 1. The van der Waals surface area contributed by atoms with Crippen LogP contribution in [0.3, 0.4) is 0 Å². The lowest BCUT2D eigenvalue weighted by atomic mass is 9.84. The number of aliphatic hydroxyl groups excluding tert-OH is 2. The molecule has 3 rings (SSSR count). The molecular formula is C16H20N6O5. The van der Waals surface area contributed by atoms with Gasteiger partial charge in [-0.05, 0) is 13.8 Å². The molecule has 27 heavy (non-hydrogen) atoms. The molecule has 1 aliphatic heterocycles. The van der Waals surface area contributed by atoms with Crippen LogP contribution in [0.2, 0.25) is 0 Å². The van der Waals surface area contributed by atoms with E-state index in [1.54, 1.807) is 6.92 Å². The normalized spacial score (nSPS) is 27.5. The van der Waals surface area contributed by atoms with E-state index in [0.29, 0.717) is 12.1 Å². The summed E-state index contributed by atoms with van der Waals surface area (Å²) in [6.07, 6.45) is -1.71. The molecule has 4 atom stereocenters. The monoisotopic (exact) mass is 376 g/mol. The Hall–Kier alpha value is -2.81. The minimum atomic E-state index is -1.36. The van der Waals surface area contributed by atoms with Gasteiger partial charge in [-0.2, -0.15) is 15.2 Å². The topological polar surface area (TPSA) is 155 Å². The summed E-state index contributed by atoms with van der Waals surface area (Å²) < 4.78 is 12.7. The number of nitrogens with one attached hydrogen (secondary N) is 1. The van der Waals surface area contributed by atoms with Crippen molar-refractivity contribution in [2.75, 3.05) is 18.5 Å². The second-order valence-corrected chi connectivity index (χ2v) is 6.34. The number of imidazole rings is 1. The fraction of sp³-hybridized carbons (Fsp3) is 0.562. The molecule has 3 heterocycles. The van der Waals surface area contributed by atoms with E-state index in [-0.39, 0.29) is 23.4 Å². The molecule has 3 N–H and O–H groups in total. The van der Waals surface area contributed by atoms with Gasteiger partial charge in [-0.25, -0.2) is 4.98 Å². The van der Waals surface area contributed by atoms with Crippen molar-refractivity contribution >= 4 is 23.0 Å². The lowest BCUT2D eigenvalue weighted by molar-refractivity contribution is -0.114. The van der Waals surface area contributed by atoms with Crippen LogP contribution in [0.15, 0.2) is 6.33 Å². The summed E-state index contributed by atoms with van der Waals surface area (Å²) in [4.78, 5) is 24.1. The van der Waals surface area contributed by atoms with Gasteiger partial charge in [0.25, 0.3) is 0 Å². The van der Waals surface area contributed by atoms with E-state index in [4.69, 9.17) is 9.47 Å². The molecule has 0 unspecified atom stereocenters. The van der Waals surface area contributed by atoms with Crippen molar-refractivity contribution in [1.29, 1.82) is 5.26 Å². The highest BCUT2D eigenvalue weighted by Gasteiger charge is 2.55. The summed E-state index contributed by atoms with van der Waals surface area (Å²) in [5.41, 5.74) is -0.780. The second kappa shape index (κ2) is 7.07. The number of anilines is 1. The number of rotatable bonds is 5. The van der Waals surface area contributed by atoms with Gasteiger partial charge in [-0.1, -0.05) is 0 Å². The highest BCUT2D eigenvalue weighted by atomic mass is 16.5. The zero-order chi connectivity index (χ0) is 19.8. The number of aromatic nitrogens is 4. The first-order valence-corrected chi connectivity index (χ1v) is 8.36. The van der Waals surface area contributed by atoms with Gasteiger partial charge >= 0.3 is 0 Å². The van der Waals surface area contributed by atoms with E-state index in [1.165, 1.54) is 24.7 Å². The Morgan fingerprint density at radius 3 is 2.89 bits per heavy atom. The zero-order valence-corrected chi connectivity index (χ0v) is 15.1. The fourth-order valence-corrected chi connectivity index (χ4v) is 3.05.